The third-order valence-electron chi connectivity index (χ3n) is 14.6. The number of H-pyrrole nitrogens is 1. The Morgan fingerprint density at radius 2 is 0.828 bits per heavy atom. The first-order valence-corrected chi connectivity index (χ1v) is 24.6. The standard InChI is InChI=1S/C38H46N2.C23H15N/c1-3-5-7-9-11-17-27-39-35-21-15-13-19-29(35)31-23-26-34-33(37(31)39)25-24-32-30-20-14-16-22-36(30)40(38(32)34)28-18-12-10-8-6-4-2;1-2-6-15-14(5-1)13-21-16(15)9-11-19-17(21)10-12-20-18-7-3-4-8-22(18)24-23(19)20/h13-16,19-26H,3-12,17-18,27-28H2,1-2H3;1-12,24H,13H2. The number of hydrogen-bond acceptors (Lipinski definition) is 0. The first kappa shape index (κ1) is 40.5. The Morgan fingerprint density at radius 3 is 1.45 bits per heavy atom. The lowest BCUT2D eigenvalue weighted by Crippen LogP contribution is -2.00. The summed E-state index contributed by atoms with van der Waals surface area (Å²) in [6.07, 6.45) is 16.9. The van der Waals surface area contributed by atoms with E-state index in [4.69, 9.17) is 0 Å². The number of nitrogens with zero attached hydrogens (tertiary/aromatic N) is 2. The van der Waals surface area contributed by atoms with Crippen LogP contribution in [-0.4, -0.2) is 14.1 Å². The molecule has 3 heteroatoms. The van der Waals surface area contributed by atoms with Gasteiger partial charge in [0.05, 0.1) is 16.6 Å². The van der Waals surface area contributed by atoms with Gasteiger partial charge in [-0.05, 0) is 65.1 Å². The topological polar surface area (TPSA) is 25.6 Å². The van der Waals surface area contributed by atoms with E-state index >= 15 is 0 Å². The number of aryl methyl sites for hydroxylation is 2. The zero-order valence-corrected chi connectivity index (χ0v) is 37.9. The Kier molecular flexibility index (Phi) is 11.2. The van der Waals surface area contributed by atoms with Gasteiger partial charge in [-0.25, -0.2) is 0 Å². The smallest absolute Gasteiger partial charge is 0.0571 e. The molecule has 0 atom stereocenters. The van der Waals surface area contributed by atoms with Crippen LogP contribution >= 0.6 is 0 Å². The molecule has 3 nitrogen and oxygen atoms in total. The molecule has 0 amide bonds. The van der Waals surface area contributed by atoms with Crippen molar-refractivity contribution in [1.82, 2.24) is 14.1 Å². The summed E-state index contributed by atoms with van der Waals surface area (Å²) in [4.78, 5) is 3.63. The quantitative estimate of drug-likeness (QED) is 0.106. The molecule has 8 aromatic carbocycles. The molecule has 3 aromatic heterocycles. The van der Waals surface area contributed by atoms with Crippen molar-refractivity contribution in [3.05, 3.63) is 157 Å². The van der Waals surface area contributed by atoms with Crippen molar-refractivity contribution in [2.45, 2.75) is 110 Å². The molecule has 0 fully saturated rings. The predicted octanol–water partition coefficient (Wildman–Crippen LogP) is 17.8. The molecule has 0 saturated heterocycles. The highest BCUT2D eigenvalue weighted by molar-refractivity contribution is 6.25. The third-order valence-corrected chi connectivity index (χ3v) is 14.6. The van der Waals surface area contributed by atoms with Crippen LogP contribution in [0.4, 0.5) is 0 Å². The molecule has 320 valence electrons. The zero-order valence-electron chi connectivity index (χ0n) is 37.9. The fraction of sp³-hybridized carbons (Fsp3) is 0.279. The second-order valence-corrected chi connectivity index (χ2v) is 18.6. The highest BCUT2D eigenvalue weighted by Crippen LogP contribution is 2.43. The Bertz CT molecular complexity index is 3330. The van der Waals surface area contributed by atoms with E-state index in [-0.39, 0.29) is 0 Å². The first-order valence-electron chi connectivity index (χ1n) is 24.6. The monoisotopic (exact) mass is 835 g/mol. The summed E-state index contributed by atoms with van der Waals surface area (Å²) in [5, 5.41) is 13.7. The van der Waals surface area contributed by atoms with E-state index in [1.54, 1.807) is 0 Å². The second kappa shape index (κ2) is 17.7. The van der Waals surface area contributed by atoms with E-state index in [1.807, 2.05) is 0 Å². The van der Waals surface area contributed by atoms with Crippen molar-refractivity contribution in [1.29, 1.82) is 0 Å². The van der Waals surface area contributed by atoms with Crippen molar-refractivity contribution < 1.29 is 0 Å². The van der Waals surface area contributed by atoms with E-state index in [9.17, 15) is 0 Å². The minimum Gasteiger partial charge on any atom is -0.354 e. The van der Waals surface area contributed by atoms with Gasteiger partial charge >= 0.3 is 0 Å². The predicted molar refractivity (Wildman–Crippen MR) is 278 cm³/mol. The first-order chi connectivity index (χ1) is 31.7. The van der Waals surface area contributed by atoms with Crippen LogP contribution in [0.25, 0.3) is 98.1 Å². The number of hydrogen-bond donors (Lipinski definition) is 1. The molecule has 0 bridgehead atoms. The van der Waals surface area contributed by atoms with Crippen molar-refractivity contribution in [3.63, 3.8) is 0 Å². The fourth-order valence-electron chi connectivity index (χ4n) is 11.4. The molecule has 64 heavy (non-hydrogen) atoms. The summed E-state index contributed by atoms with van der Waals surface area (Å²) >= 11 is 0. The van der Waals surface area contributed by atoms with E-state index in [1.165, 1.54) is 186 Å². The van der Waals surface area contributed by atoms with Crippen LogP contribution in [0.15, 0.2) is 146 Å². The zero-order chi connectivity index (χ0) is 43.0. The molecule has 1 aliphatic rings. The summed E-state index contributed by atoms with van der Waals surface area (Å²) in [5.41, 5.74) is 13.8. The molecule has 0 spiro atoms. The lowest BCUT2D eigenvalue weighted by Gasteiger charge is -2.12. The van der Waals surface area contributed by atoms with Crippen LogP contribution in [0, 0.1) is 0 Å². The van der Waals surface area contributed by atoms with Gasteiger partial charge < -0.3 is 14.1 Å². The number of aromatic amines is 1. The third kappa shape index (κ3) is 7.05. The Morgan fingerprint density at radius 1 is 0.375 bits per heavy atom. The van der Waals surface area contributed by atoms with E-state index in [0.717, 1.165) is 19.5 Å². The van der Waals surface area contributed by atoms with Crippen LogP contribution in [-0.2, 0) is 19.5 Å². The minimum atomic E-state index is 1.04. The summed E-state index contributed by atoms with van der Waals surface area (Å²) in [7, 11) is 0. The number of unbranched alkanes of at least 4 members (excludes halogenated alkanes) is 10. The van der Waals surface area contributed by atoms with Crippen molar-refractivity contribution >= 4 is 87.0 Å². The molecule has 11 aromatic rings. The molecular formula is C61H61N3. The van der Waals surface area contributed by atoms with Crippen LogP contribution in [0.1, 0.15) is 102 Å². The molecule has 0 unspecified atom stereocenters. The van der Waals surface area contributed by atoms with E-state index in [2.05, 4.69) is 174 Å². The normalized spacial score (nSPS) is 12.4. The number of aromatic nitrogens is 3. The lowest BCUT2D eigenvalue weighted by molar-refractivity contribution is 0.571. The van der Waals surface area contributed by atoms with Crippen molar-refractivity contribution in [2.75, 3.05) is 0 Å². The maximum Gasteiger partial charge on any atom is 0.0571 e. The molecule has 12 rings (SSSR count). The molecule has 1 N–H and O–H groups in total. The van der Waals surface area contributed by atoms with Gasteiger partial charge in [0.25, 0.3) is 0 Å². The highest BCUT2D eigenvalue weighted by Gasteiger charge is 2.22. The van der Waals surface area contributed by atoms with Crippen molar-refractivity contribution in [2.24, 2.45) is 0 Å². The SMILES string of the molecule is CCCCCCCCn1c2ccccc2c2ccc3c(ccc4c5ccccc5n(CCCCCCCC)c43)c21.c1ccc2c(c1)Cc1c-2ccc2c1ccc1c3ccccc3[nH]c21. The Balaban J connectivity index is 0.000000160. The summed E-state index contributed by atoms with van der Waals surface area (Å²) < 4.78 is 5.28. The van der Waals surface area contributed by atoms with Gasteiger partial charge in [0.2, 0.25) is 0 Å². The molecule has 0 aliphatic heterocycles. The number of nitrogens with one attached hydrogen (secondary N) is 1. The average molecular weight is 836 g/mol. The van der Waals surface area contributed by atoms with E-state index in [0.29, 0.717) is 0 Å². The summed E-state index contributed by atoms with van der Waals surface area (Å²) in [6, 6.07) is 54.2. The molecule has 0 radical (unpaired) electrons. The van der Waals surface area contributed by atoms with Gasteiger partial charge in [0.1, 0.15) is 0 Å². The number of benzene rings is 8. The Hall–Kier alpha value is -6.32. The van der Waals surface area contributed by atoms with Gasteiger partial charge in [-0.3, -0.25) is 0 Å². The fourth-order valence-corrected chi connectivity index (χ4v) is 11.4. The largest absolute Gasteiger partial charge is 0.354 e. The van der Waals surface area contributed by atoms with Gasteiger partial charge in [0.15, 0.2) is 0 Å². The maximum atomic E-state index is 3.63. The maximum absolute atomic E-state index is 3.63. The minimum absolute atomic E-state index is 1.04. The number of fused-ring (bicyclic) bond motifs is 18. The van der Waals surface area contributed by atoms with Crippen LogP contribution in [0.5, 0.6) is 0 Å². The summed E-state index contributed by atoms with van der Waals surface area (Å²) in [6.45, 7) is 6.78. The van der Waals surface area contributed by atoms with Crippen LogP contribution in [0.3, 0.4) is 0 Å². The molecule has 1 aliphatic carbocycles. The second-order valence-electron chi connectivity index (χ2n) is 18.6. The summed E-state index contributed by atoms with van der Waals surface area (Å²) in [5.74, 6) is 0. The molecule has 0 saturated carbocycles. The van der Waals surface area contributed by atoms with Gasteiger partial charge in [-0.2, -0.15) is 0 Å². The van der Waals surface area contributed by atoms with Crippen LogP contribution in [0.2, 0.25) is 0 Å². The molecule has 3 heterocycles. The van der Waals surface area contributed by atoms with Gasteiger partial charge in [-0.1, -0.05) is 205 Å². The number of rotatable bonds is 14. The lowest BCUT2D eigenvalue weighted by atomic mass is 9.97. The van der Waals surface area contributed by atoms with E-state index < -0.39 is 0 Å². The molecular weight excluding hydrogens is 775 g/mol. The van der Waals surface area contributed by atoms with Crippen LogP contribution < -0.4 is 0 Å². The van der Waals surface area contributed by atoms with Gasteiger partial charge in [-0.15, -0.1) is 0 Å². The highest BCUT2D eigenvalue weighted by atomic mass is 15.0. The van der Waals surface area contributed by atoms with Gasteiger partial charge in [0, 0.05) is 78.1 Å². The number of para-hydroxylation sites is 3. The average Bonchev–Trinajstić information content (AvgIpc) is 4.10. The van der Waals surface area contributed by atoms with Crippen molar-refractivity contribution in [3.8, 4) is 11.1 Å². The Labute approximate surface area is 377 Å².